The zero-order valence-corrected chi connectivity index (χ0v) is 16.6. The maximum atomic E-state index is 13.8. The number of anilines is 1. The van der Waals surface area contributed by atoms with Crippen molar-refractivity contribution in [2.45, 2.75) is 0 Å². The topological polar surface area (TPSA) is 55.1 Å². The van der Waals surface area contributed by atoms with E-state index in [0.717, 1.165) is 38.4 Å². The minimum atomic E-state index is -0.689. The van der Waals surface area contributed by atoms with E-state index in [4.69, 9.17) is 0 Å². The number of hydrazone groups is 1. The lowest BCUT2D eigenvalue weighted by Gasteiger charge is -2.05. The van der Waals surface area contributed by atoms with Crippen molar-refractivity contribution in [3.8, 4) is 11.3 Å². The number of nitrogens with one attached hydrogen (secondary N) is 1. The van der Waals surface area contributed by atoms with Crippen LogP contribution < -0.4 is 5.43 Å². The summed E-state index contributed by atoms with van der Waals surface area (Å²) in [4.78, 5) is 9.17. The summed E-state index contributed by atoms with van der Waals surface area (Å²) in [6.07, 6.45) is 3.32. The first-order chi connectivity index (χ1) is 14.6. The van der Waals surface area contributed by atoms with E-state index in [2.05, 4.69) is 37.2 Å². The summed E-state index contributed by atoms with van der Waals surface area (Å²) in [7, 11) is 2.00. The summed E-state index contributed by atoms with van der Waals surface area (Å²) in [5.74, 6) is -1.03. The van der Waals surface area contributed by atoms with Gasteiger partial charge in [-0.25, -0.2) is 24.2 Å². The van der Waals surface area contributed by atoms with Gasteiger partial charge in [-0.1, -0.05) is 18.2 Å². The maximum Gasteiger partial charge on any atom is 0.244 e. The Bertz CT molecular complexity index is 1420. The third-order valence-electron chi connectivity index (χ3n) is 4.79. The molecule has 0 aliphatic heterocycles. The van der Waals surface area contributed by atoms with E-state index < -0.39 is 11.6 Å². The first-order valence-electron chi connectivity index (χ1n) is 9.14. The molecule has 1 N–H and O–H groups in total. The van der Waals surface area contributed by atoms with Crippen molar-refractivity contribution in [2.24, 2.45) is 12.1 Å². The molecule has 2 aromatic carbocycles. The molecule has 0 atom stereocenters. The van der Waals surface area contributed by atoms with Crippen LogP contribution >= 0.6 is 11.3 Å². The number of aryl methyl sites for hydroxylation is 1. The molecule has 0 bridgehead atoms. The molecule has 5 nitrogen and oxygen atoms in total. The number of rotatable bonds is 4. The van der Waals surface area contributed by atoms with Gasteiger partial charge in [0.25, 0.3) is 0 Å². The molecule has 0 radical (unpaired) electrons. The third kappa shape index (κ3) is 3.21. The summed E-state index contributed by atoms with van der Waals surface area (Å²) in [6, 6.07) is 13.4. The Kier molecular flexibility index (Phi) is 4.48. The standard InChI is InChI=1S/C22H15F2N5S/c1-29-12-16(15-4-2-3-5-19(15)29)20-21-18(8-9-30-21)26-22(27-20)28-25-11-13-6-7-14(23)10-17(13)24/h2-12H,1H3,(H,26,27,28)/b25-11+. The van der Waals surface area contributed by atoms with Crippen LogP contribution in [0, 0.1) is 11.6 Å². The highest BCUT2D eigenvalue weighted by Crippen LogP contribution is 2.36. The molecule has 0 fully saturated rings. The number of thiophene rings is 1. The second-order valence-corrected chi connectivity index (χ2v) is 7.65. The number of halogens is 2. The molecule has 5 rings (SSSR count). The van der Waals surface area contributed by atoms with Crippen LogP contribution in [0.4, 0.5) is 14.7 Å². The van der Waals surface area contributed by atoms with Gasteiger partial charge in [0.05, 0.1) is 22.1 Å². The Labute approximate surface area is 174 Å². The Morgan fingerprint density at radius 3 is 2.83 bits per heavy atom. The van der Waals surface area contributed by atoms with Gasteiger partial charge in [0.15, 0.2) is 0 Å². The minimum absolute atomic E-state index is 0.162. The molecule has 0 aliphatic rings. The quantitative estimate of drug-likeness (QED) is 0.306. The van der Waals surface area contributed by atoms with Crippen LogP contribution in [0.2, 0.25) is 0 Å². The van der Waals surface area contributed by atoms with Crippen LogP contribution in [0.3, 0.4) is 0 Å². The first-order valence-corrected chi connectivity index (χ1v) is 10.0. The number of benzene rings is 2. The van der Waals surface area contributed by atoms with Crippen LogP contribution in [-0.2, 0) is 7.05 Å². The first kappa shape index (κ1) is 18.4. The van der Waals surface area contributed by atoms with E-state index in [1.54, 1.807) is 11.3 Å². The number of fused-ring (bicyclic) bond motifs is 2. The number of hydrogen-bond acceptors (Lipinski definition) is 5. The van der Waals surface area contributed by atoms with Gasteiger partial charge in [-0.2, -0.15) is 5.10 Å². The summed E-state index contributed by atoms with van der Waals surface area (Å²) in [5, 5.41) is 7.09. The van der Waals surface area contributed by atoms with Gasteiger partial charge >= 0.3 is 0 Å². The average Bonchev–Trinajstić information content (AvgIpc) is 3.34. The number of para-hydroxylation sites is 1. The maximum absolute atomic E-state index is 13.8. The van der Waals surface area contributed by atoms with E-state index in [1.165, 1.54) is 18.3 Å². The molecular weight excluding hydrogens is 404 g/mol. The SMILES string of the molecule is Cn1cc(-c2nc(N/N=C/c3ccc(F)cc3F)nc3ccsc23)c2ccccc21. The van der Waals surface area contributed by atoms with Gasteiger partial charge in [-0.15, -0.1) is 11.3 Å². The van der Waals surface area contributed by atoms with E-state index in [9.17, 15) is 8.78 Å². The van der Waals surface area contributed by atoms with Crippen LogP contribution in [0.15, 0.2) is 65.2 Å². The third-order valence-corrected chi connectivity index (χ3v) is 5.70. The lowest BCUT2D eigenvalue weighted by molar-refractivity contribution is 0.582. The van der Waals surface area contributed by atoms with Crippen LogP contribution in [-0.4, -0.2) is 20.7 Å². The van der Waals surface area contributed by atoms with Crippen LogP contribution in [0.1, 0.15) is 5.56 Å². The summed E-state index contributed by atoms with van der Waals surface area (Å²) >= 11 is 1.57. The average molecular weight is 419 g/mol. The zero-order chi connectivity index (χ0) is 20.7. The minimum Gasteiger partial charge on any atom is -0.350 e. The summed E-state index contributed by atoms with van der Waals surface area (Å²) in [6.45, 7) is 0. The highest BCUT2D eigenvalue weighted by molar-refractivity contribution is 7.17. The van der Waals surface area contributed by atoms with Gasteiger partial charge in [0, 0.05) is 41.3 Å². The normalized spacial score (nSPS) is 11.7. The molecule has 0 amide bonds. The molecule has 30 heavy (non-hydrogen) atoms. The molecule has 3 aromatic heterocycles. The fourth-order valence-corrected chi connectivity index (χ4v) is 4.23. The van der Waals surface area contributed by atoms with E-state index in [0.29, 0.717) is 5.95 Å². The monoisotopic (exact) mass is 419 g/mol. The van der Waals surface area contributed by atoms with Gasteiger partial charge < -0.3 is 4.57 Å². The second kappa shape index (κ2) is 7.31. The molecule has 148 valence electrons. The van der Waals surface area contributed by atoms with Gasteiger partial charge in [0.2, 0.25) is 5.95 Å². The number of aromatic nitrogens is 3. The number of nitrogens with zero attached hydrogens (tertiary/aromatic N) is 4. The van der Waals surface area contributed by atoms with Crippen LogP contribution in [0.25, 0.3) is 32.4 Å². The predicted molar refractivity (Wildman–Crippen MR) is 117 cm³/mol. The molecule has 3 heterocycles. The molecule has 5 aromatic rings. The fourth-order valence-electron chi connectivity index (χ4n) is 3.39. The number of hydrogen-bond donors (Lipinski definition) is 1. The smallest absolute Gasteiger partial charge is 0.244 e. The molecular formula is C22H15F2N5S. The fraction of sp³-hybridized carbons (Fsp3) is 0.0455. The highest BCUT2D eigenvalue weighted by atomic mass is 32.1. The molecule has 0 unspecified atom stereocenters. The Balaban J connectivity index is 1.56. The predicted octanol–water partition coefficient (Wildman–Crippen LogP) is 5.57. The Morgan fingerprint density at radius 2 is 1.97 bits per heavy atom. The highest BCUT2D eigenvalue weighted by Gasteiger charge is 2.15. The van der Waals surface area contributed by atoms with E-state index in [-0.39, 0.29) is 5.56 Å². The lowest BCUT2D eigenvalue weighted by Crippen LogP contribution is -1.99. The van der Waals surface area contributed by atoms with Crippen molar-refractivity contribution in [3.63, 3.8) is 0 Å². The zero-order valence-electron chi connectivity index (χ0n) is 15.8. The van der Waals surface area contributed by atoms with Gasteiger partial charge in [0.1, 0.15) is 11.6 Å². The van der Waals surface area contributed by atoms with Crippen molar-refractivity contribution in [3.05, 3.63) is 77.3 Å². The van der Waals surface area contributed by atoms with Crippen molar-refractivity contribution in [1.29, 1.82) is 0 Å². The van der Waals surface area contributed by atoms with E-state index in [1.807, 2.05) is 36.8 Å². The van der Waals surface area contributed by atoms with Gasteiger partial charge in [-0.3, -0.25) is 0 Å². The largest absolute Gasteiger partial charge is 0.350 e. The van der Waals surface area contributed by atoms with Crippen molar-refractivity contribution in [2.75, 3.05) is 5.43 Å². The molecule has 0 saturated heterocycles. The summed E-state index contributed by atoms with van der Waals surface area (Å²) < 4.78 is 29.9. The molecule has 0 aliphatic carbocycles. The van der Waals surface area contributed by atoms with Crippen LogP contribution in [0.5, 0.6) is 0 Å². The lowest BCUT2D eigenvalue weighted by atomic mass is 10.1. The molecule has 8 heteroatoms. The summed E-state index contributed by atoms with van der Waals surface area (Å²) in [5.41, 5.74) is 6.63. The van der Waals surface area contributed by atoms with Crippen molar-refractivity contribution < 1.29 is 8.78 Å². The molecule has 0 saturated carbocycles. The molecule has 0 spiro atoms. The Hall–Kier alpha value is -3.65. The van der Waals surface area contributed by atoms with E-state index >= 15 is 0 Å². The van der Waals surface area contributed by atoms with Crippen molar-refractivity contribution in [1.82, 2.24) is 14.5 Å². The second-order valence-electron chi connectivity index (χ2n) is 6.74. The van der Waals surface area contributed by atoms with Gasteiger partial charge in [-0.05, 0) is 29.6 Å². The Morgan fingerprint density at radius 1 is 1.10 bits per heavy atom. The van der Waals surface area contributed by atoms with Crippen molar-refractivity contribution >= 4 is 44.6 Å².